The third-order valence-corrected chi connectivity index (χ3v) is 5.87. The number of hydrogen-bond donors (Lipinski definition) is 1. The van der Waals surface area contributed by atoms with Gasteiger partial charge < -0.3 is 14.7 Å². The van der Waals surface area contributed by atoms with Gasteiger partial charge in [0.1, 0.15) is 11.5 Å². The number of hydrogen-bond acceptors (Lipinski definition) is 4. The number of Topliss-reactive ketones (excluding diaryl/α,β-unsaturated/α-hetero) is 1. The van der Waals surface area contributed by atoms with Crippen LogP contribution >= 0.6 is 15.9 Å². The number of ketones is 1. The van der Waals surface area contributed by atoms with Crippen LogP contribution in [-0.4, -0.2) is 28.3 Å². The Morgan fingerprint density at radius 1 is 1.00 bits per heavy atom. The first-order valence-corrected chi connectivity index (χ1v) is 11.1. The monoisotopic (exact) mass is 491 g/mol. The second-order valence-electron chi connectivity index (χ2n) is 7.42. The van der Waals surface area contributed by atoms with E-state index in [9.17, 15) is 14.7 Å². The van der Waals surface area contributed by atoms with Gasteiger partial charge in [-0.3, -0.25) is 9.59 Å². The van der Waals surface area contributed by atoms with Gasteiger partial charge in [-0.25, -0.2) is 0 Å². The van der Waals surface area contributed by atoms with Gasteiger partial charge in [0.15, 0.2) is 0 Å². The first kappa shape index (κ1) is 21.8. The van der Waals surface area contributed by atoms with E-state index in [1.54, 1.807) is 24.3 Å². The van der Waals surface area contributed by atoms with Crippen molar-refractivity contribution in [2.45, 2.75) is 19.5 Å². The molecule has 1 aliphatic rings. The molecule has 0 aromatic heterocycles. The second-order valence-corrected chi connectivity index (χ2v) is 8.34. The van der Waals surface area contributed by atoms with Crippen LogP contribution in [-0.2, 0) is 16.1 Å². The van der Waals surface area contributed by atoms with Crippen LogP contribution in [0.3, 0.4) is 0 Å². The normalized spacial score (nSPS) is 17.6. The number of carbonyl (C=O) groups excluding carboxylic acids is 2. The zero-order valence-corrected chi connectivity index (χ0v) is 19.1. The minimum Gasteiger partial charge on any atom is -0.507 e. The van der Waals surface area contributed by atoms with Crippen LogP contribution in [0.2, 0.25) is 0 Å². The maximum atomic E-state index is 13.1. The lowest BCUT2D eigenvalue weighted by Crippen LogP contribution is -2.29. The van der Waals surface area contributed by atoms with Crippen LogP contribution in [0.5, 0.6) is 5.75 Å². The molecule has 162 valence electrons. The van der Waals surface area contributed by atoms with E-state index in [0.29, 0.717) is 17.9 Å². The first-order valence-electron chi connectivity index (χ1n) is 10.3. The molecule has 0 bridgehead atoms. The second kappa shape index (κ2) is 9.40. The third kappa shape index (κ3) is 4.32. The number of ether oxygens (including phenoxy) is 1. The summed E-state index contributed by atoms with van der Waals surface area (Å²) in [5.74, 6) is -0.971. The molecule has 3 aromatic carbocycles. The fraction of sp³-hybridized carbons (Fsp3) is 0.154. The molecule has 5 nitrogen and oxygen atoms in total. The number of rotatable bonds is 6. The number of carbonyl (C=O) groups is 2. The van der Waals surface area contributed by atoms with Crippen molar-refractivity contribution in [3.63, 3.8) is 0 Å². The van der Waals surface area contributed by atoms with Crippen LogP contribution in [0.25, 0.3) is 5.76 Å². The number of amides is 1. The lowest BCUT2D eigenvalue weighted by atomic mass is 9.95. The molecule has 6 heteroatoms. The van der Waals surface area contributed by atoms with E-state index >= 15 is 0 Å². The van der Waals surface area contributed by atoms with Crippen LogP contribution in [0, 0.1) is 0 Å². The summed E-state index contributed by atoms with van der Waals surface area (Å²) < 4.78 is 6.41. The van der Waals surface area contributed by atoms with Crippen molar-refractivity contribution in [2.24, 2.45) is 0 Å². The Labute approximate surface area is 195 Å². The van der Waals surface area contributed by atoms with Crippen LogP contribution in [0.4, 0.5) is 0 Å². The molecule has 1 N–H and O–H groups in total. The summed E-state index contributed by atoms with van der Waals surface area (Å²) in [5, 5.41) is 11.2. The summed E-state index contributed by atoms with van der Waals surface area (Å²) >= 11 is 3.43. The van der Waals surface area contributed by atoms with Crippen molar-refractivity contribution in [2.75, 3.05) is 6.61 Å². The van der Waals surface area contributed by atoms with Crippen molar-refractivity contribution in [3.8, 4) is 5.75 Å². The quantitative estimate of drug-likeness (QED) is 0.282. The van der Waals surface area contributed by atoms with E-state index in [4.69, 9.17) is 4.74 Å². The average molecular weight is 492 g/mol. The summed E-state index contributed by atoms with van der Waals surface area (Å²) in [6, 6.07) is 23.1. The Balaban J connectivity index is 1.84. The van der Waals surface area contributed by atoms with E-state index in [1.165, 1.54) is 4.90 Å². The number of aliphatic hydroxyl groups excluding tert-OH is 1. The largest absolute Gasteiger partial charge is 0.507 e. The molecule has 0 spiro atoms. The van der Waals surface area contributed by atoms with Crippen LogP contribution in [0.15, 0.2) is 88.9 Å². The summed E-state index contributed by atoms with van der Waals surface area (Å²) in [7, 11) is 0. The predicted molar refractivity (Wildman–Crippen MR) is 126 cm³/mol. The Morgan fingerprint density at radius 2 is 1.72 bits per heavy atom. The van der Waals surface area contributed by atoms with E-state index in [2.05, 4.69) is 15.9 Å². The van der Waals surface area contributed by atoms with Crippen molar-refractivity contribution in [3.05, 3.63) is 106 Å². The average Bonchev–Trinajstić information content (AvgIpc) is 3.05. The molecule has 0 saturated carbocycles. The van der Waals surface area contributed by atoms with Gasteiger partial charge in [-0.1, -0.05) is 70.5 Å². The zero-order valence-electron chi connectivity index (χ0n) is 17.5. The molecule has 1 amide bonds. The van der Waals surface area contributed by atoms with Gasteiger partial charge in [0.25, 0.3) is 11.7 Å². The number of likely N-dealkylation sites (tertiary alicyclic amines) is 1. The lowest BCUT2D eigenvalue weighted by Gasteiger charge is -2.25. The molecular weight excluding hydrogens is 470 g/mol. The van der Waals surface area contributed by atoms with E-state index in [1.807, 2.05) is 61.5 Å². The Kier molecular flexibility index (Phi) is 6.42. The van der Waals surface area contributed by atoms with E-state index in [-0.39, 0.29) is 17.9 Å². The highest BCUT2D eigenvalue weighted by Gasteiger charge is 2.46. The molecule has 4 rings (SSSR count). The SMILES string of the molecule is CCOc1cccc(C(O)=C2C(=O)C(=O)N(Cc3ccccc3)C2c2ccc(Br)cc2)c1. The predicted octanol–water partition coefficient (Wildman–Crippen LogP) is 5.47. The molecule has 3 aromatic rings. The molecule has 1 fully saturated rings. The van der Waals surface area contributed by atoms with Gasteiger partial charge in [0, 0.05) is 16.6 Å². The summed E-state index contributed by atoms with van der Waals surface area (Å²) in [5.41, 5.74) is 2.14. The Bertz CT molecular complexity index is 1170. The molecule has 0 radical (unpaired) electrons. The Hall–Kier alpha value is -3.38. The molecule has 1 heterocycles. The van der Waals surface area contributed by atoms with Crippen molar-refractivity contribution >= 4 is 33.4 Å². The fourth-order valence-electron chi connectivity index (χ4n) is 3.87. The molecule has 1 aliphatic heterocycles. The van der Waals surface area contributed by atoms with Crippen LogP contribution in [0.1, 0.15) is 29.7 Å². The van der Waals surface area contributed by atoms with Gasteiger partial charge in [0.2, 0.25) is 0 Å². The Morgan fingerprint density at radius 3 is 2.41 bits per heavy atom. The smallest absolute Gasteiger partial charge is 0.295 e. The summed E-state index contributed by atoms with van der Waals surface area (Å²) in [4.78, 5) is 27.7. The van der Waals surface area contributed by atoms with Gasteiger partial charge in [-0.2, -0.15) is 0 Å². The molecule has 1 unspecified atom stereocenters. The summed E-state index contributed by atoms with van der Waals surface area (Å²) in [6.07, 6.45) is 0. The fourth-order valence-corrected chi connectivity index (χ4v) is 4.13. The minimum absolute atomic E-state index is 0.0712. The topological polar surface area (TPSA) is 66.8 Å². The highest BCUT2D eigenvalue weighted by molar-refractivity contribution is 9.10. The van der Waals surface area contributed by atoms with Crippen LogP contribution < -0.4 is 4.74 Å². The van der Waals surface area contributed by atoms with Crippen molar-refractivity contribution in [1.29, 1.82) is 0 Å². The van der Waals surface area contributed by atoms with Gasteiger partial charge in [-0.05, 0) is 42.3 Å². The zero-order chi connectivity index (χ0) is 22.7. The van der Waals surface area contributed by atoms with Crippen molar-refractivity contribution < 1.29 is 19.4 Å². The highest BCUT2D eigenvalue weighted by Crippen LogP contribution is 2.40. The van der Waals surface area contributed by atoms with Crippen molar-refractivity contribution in [1.82, 2.24) is 4.90 Å². The highest BCUT2D eigenvalue weighted by atomic mass is 79.9. The lowest BCUT2D eigenvalue weighted by molar-refractivity contribution is -0.140. The molecule has 1 saturated heterocycles. The van der Waals surface area contributed by atoms with Gasteiger partial charge >= 0.3 is 0 Å². The first-order chi connectivity index (χ1) is 15.5. The number of nitrogens with zero attached hydrogens (tertiary/aromatic N) is 1. The number of halogens is 1. The number of benzene rings is 3. The molecule has 0 aliphatic carbocycles. The maximum Gasteiger partial charge on any atom is 0.295 e. The van der Waals surface area contributed by atoms with E-state index in [0.717, 1.165) is 15.6 Å². The molecule has 1 atom stereocenters. The van der Waals surface area contributed by atoms with E-state index < -0.39 is 17.7 Å². The minimum atomic E-state index is -0.709. The standard InChI is InChI=1S/C26H22BrNO4/c1-2-32-21-10-6-9-19(15-21)24(29)22-23(18-11-13-20(27)14-12-18)28(26(31)25(22)30)16-17-7-4-3-5-8-17/h3-15,23,29H,2,16H2,1H3. The maximum absolute atomic E-state index is 13.1. The van der Waals surface area contributed by atoms with Gasteiger partial charge in [0.05, 0.1) is 18.2 Å². The van der Waals surface area contributed by atoms with Gasteiger partial charge in [-0.15, -0.1) is 0 Å². The molecular formula is C26H22BrNO4. The summed E-state index contributed by atoms with van der Waals surface area (Å²) in [6.45, 7) is 2.60. The third-order valence-electron chi connectivity index (χ3n) is 5.34. The number of aliphatic hydroxyl groups is 1. The molecule has 32 heavy (non-hydrogen) atoms.